The number of anilines is 1. The van der Waals surface area contributed by atoms with Crippen LogP contribution in [0, 0.1) is 0 Å². The number of carbonyl (C=O) groups excluding carboxylic acids is 2. The van der Waals surface area contributed by atoms with E-state index in [4.69, 9.17) is 16.3 Å². The van der Waals surface area contributed by atoms with Crippen LogP contribution in [0.3, 0.4) is 0 Å². The Morgan fingerprint density at radius 1 is 1.35 bits per heavy atom. The van der Waals surface area contributed by atoms with Crippen LogP contribution in [0.15, 0.2) is 24.3 Å². The Morgan fingerprint density at radius 3 is 2.70 bits per heavy atom. The zero-order valence-corrected chi connectivity index (χ0v) is 12.1. The third-order valence-corrected chi connectivity index (χ3v) is 2.72. The second-order valence-electron chi connectivity index (χ2n) is 3.97. The van der Waals surface area contributed by atoms with E-state index in [0.717, 1.165) is 0 Å². The number of carbonyl (C=O) groups is 2. The number of alkyl carbamates (subject to hydrolysis) is 1. The molecular formula is C13H17ClN2O4. The number of rotatable bonds is 5. The number of hydrogen-bond donors (Lipinski definition) is 2. The van der Waals surface area contributed by atoms with Gasteiger partial charge in [0.25, 0.3) is 0 Å². The first-order chi connectivity index (χ1) is 9.55. The van der Waals surface area contributed by atoms with Gasteiger partial charge in [-0.25, -0.2) is 9.59 Å². The van der Waals surface area contributed by atoms with Crippen molar-refractivity contribution in [1.82, 2.24) is 5.32 Å². The van der Waals surface area contributed by atoms with Crippen molar-refractivity contribution in [3.8, 4) is 0 Å². The molecular weight excluding hydrogens is 284 g/mol. The minimum Gasteiger partial charge on any atom is -0.453 e. The van der Waals surface area contributed by atoms with Crippen molar-refractivity contribution in [3.05, 3.63) is 29.3 Å². The van der Waals surface area contributed by atoms with Crippen LogP contribution in [0.2, 0.25) is 5.02 Å². The number of amides is 2. The van der Waals surface area contributed by atoms with Gasteiger partial charge in [-0.1, -0.05) is 24.6 Å². The van der Waals surface area contributed by atoms with Crippen LogP contribution in [0.25, 0.3) is 0 Å². The second-order valence-corrected chi connectivity index (χ2v) is 4.41. The van der Waals surface area contributed by atoms with Crippen molar-refractivity contribution in [2.75, 3.05) is 19.0 Å². The first kappa shape index (κ1) is 16.1. The molecule has 0 aliphatic carbocycles. The highest BCUT2D eigenvalue weighted by atomic mass is 35.5. The van der Waals surface area contributed by atoms with E-state index in [-0.39, 0.29) is 12.6 Å². The maximum Gasteiger partial charge on any atom is 0.411 e. The lowest BCUT2D eigenvalue weighted by Gasteiger charge is -2.16. The molecule has 0 fully saturated rings. The standard InChI is InChI=1S/C13H17ClN2O4/c1-3-10(15-12(17)19-2)8-20-13(18)16-11-6-4-5-9(14)7-11/h4-7,10H,3,8H2,1-2H3,(H,15,17)(H,16,18). The summed E-state index contributed by atoms with van der Waals surface area (Å²) in [6, 6.07) is 6.41. The molecule has 0 spiro atoms. The Balaban J connectivity index is 2.40. The molecule has 1 rings (SSSR count). The summed E-state index contributed by atoms with van der Waals surface area (Å²) in [7, 11) is 1.27. The number of ether oxygens (including phenoxy) is 2. The largest absolute Gasteiger partial charge is 0.453 e. The molecule has 1 aromatic carbocycles. The van der Waals surface area contributed by atoms with Gasteiger partial charge in [0.05, 0.1) is 13.2 Å². The average molecular weight is 301 g/mol. The normalized spacial score (nSPS) is 11.3. The highest BCUT2D eigenvalue weighted by molar-refractivity contribution is 6.30. The van der Waals surface area contributed by atoms with Crippen molar-refractivity contribution < 1.29 is 19.1 Å². The van der Waals surface area contributed by atoms with E-state index in [1.807, 2.05) is 6.92 Å². The molecule has 6 nitrogen and oxygen atoms in total. The Labute approximate surface area is 122 Å². The van der Waals surface area contributed by atoms with E-state index >= 15 is 0 Å². The lowest BCUT2D eigenvalue weighted by atomic mass is 10.2. The average Bonchev–Trinajstić information content (AvgIpc) is 2.43. The maximum atomic E-state index is 11.6. The Bertz CT molecular complexity index is 467. The van der Waals surface area contributed by atoms with Crippen molar-refractivity contribution in [3.63, 3.8) is 0 Å². The Hall–Kier alpha value is -1.95. The topological polar surface area (TPSA) is 76.7 Å². The van der Waals surface area contributed by atoms with Gasteiger partial charge >= 0.3 is 12.2 Å². The monoisotopic (exact) mass is 300 g/mol. The predicted octanol–water partition coefficient (Wildman–Crippen LogP) is 3.02. The van der Waals surface area contributed by atoms with Crippen LogP contribution >= 0.6 is 11.6 Å². The van der Waals surface area contributed by atoms with Crippen LogP contribution < -0.4 is 10.6 Å². The summed E-state index contributed by atoms with van der Waals surface area (Å²) in [5.41, 5.74) is 0.538. The molecule has 1 atom stereocenters. The lowest BCUT2D eigenvalue weighted by Crippen LogP contribution is -2.38. The van der Waals surface area contributed by atoms with Crippen LogP contribution in [0.1, 0.15) is 13.3 Å². The van der Waals surface area contributed by atoms with Crippen LogP contribution in [0.4, 0.5) is 15.3 Å². The maximum absolute atomic E-state index is 11.6. The highest BCUT2D eigenvalue weighted by Crippen LogP contribution is 2.14. The Morgan fingerprint density at radius 2 is 2.10 bits per heavy atom. The van der Waals surface area contributed by atoms with E-state index in [1.165, 1.54) is 7.11 Å². The fourth-order valence-electron chi connectivity index (χ4n) is 1.38. The summed E-state index contributed by atoms with van der Waals surface area (Å²) in [6.07, 6.45) is -0.562. The number of methoxy groups -OCH3 is 1. The minimum atomic E-state index is -0.614. The fourth-order valence-corrected chi connectivity index (χ4v) is 1.57. The van der Waals surface area contributed by atoms with Gasteiger partial charge in [-0.2, -0.15) is 0 Å². The molecule has 2 amide bonds. The molecule has 0 aromatic heterocycles. The fraction of sp³-hybridized carbons (Fsp3) is 0.385. The third-order valence-electron chi connectivity index (χ3n) is 2.49. The van der Waals surface area contributed by atoms with Gasteiger partial charge in [-0.3, -0.25) is 5.32 Å². The van der Waals surface area contributed by atoms with Gasteiger partial charge in [0.15, 0.2) is 0 Å². The first-order valence-corrected chi connectivity index (χ1v) is 6.46. The molecule has 0 saturated heterocycles. The van der Waals surface area contributed by atoms with Gasteiger partial charge in [-0.15, -0.1) is 0 Å². The third kappa shape index (κ3) is 5.79. The molecule has 0 radical (unpaired) electrons. The van der Waals surface area contributed by atoms with Crippen molar-refractivity contribution in [1.29, 1.82) is 0 Å². The molecule has 1 unspecified atom stereocenters. The van der Waals surface area contributed by atoms with E-state index in [0.29, 0.717) is 17.1 Å². The van der Waals surface area contributed by atoms with Gasteiger partial charge in [0.1, 0.15) is 6.61 Å². The van der Waals surface area contributed by atoms with Crippen molar-refractivity contribution >= 4 is 29.5 Å². The van der Waals surface area contributed by atoms with Gasteiger partial charge in [0, 0.05) is 10.7 Å². The molecule has 0 heterocycles. The van der Waals surface area contributed by atoms with Crippen LogP contribution in [-0.4, -0.2) is 31.9 Å². The first-order valence-electron chi connectivity index (χ1n) is 6.09. The molecule has 0 saturated carbocycles. The molecule has 0 aliphatic rings. The lowest BCUT2D eigenvalue weighted by molar-refractivity contribution is 0.135. The molecule has 2 N–H and O–H groups in total. The highest BCUT2D eigenvalue weighted by Gasteiger charge is 2.13. The smallest absolute Gasteiger partial charge is 0.411 e. The SMILES string of the molecule is CCC(COC(=O)Nc1cccc(Cl)c1)NC(=O)OC. The Kier molecular flexibility index (Phi) is 6.66. The number of benzene rings is 1. The zero-order valence-electron chi connectivity index (χ0n) is 11.3. The summed E-state index contributed by atoms with van der Waals surface area (Å²) in [4.78, 5) is 22.6. The molecule has 0 bridgehead atoms. The van der Waals surface area contributed by atoms with E-state index in [1.54, 1.807) is 24.3 Å². The minimum absolute atomic E-state index is 0.0536. The molecule has 110 valence electrons. The van der Waals surface area contributed by atoms with Crippen LogP contribution in [-0.2, 0) is 9.47 Å². The van der Waals surface area contributed by atoms with E-state index in [9.17, 15) is 9.59 Å². The predicted molar refractivity (Wildman–Crippen MR) is 76.0 cm³/mol. The zero-order chi connectivity index (χ0) is 15.0. The van der Waals surface area contributed by atoms with Gasteiger partial charge < -0.3 is 14.8 Å². The van der Waals surface area contributed by atoms with Crippen molar-refractivity contribution in [2.45, 2.75) is 19.4 Å². The summed E-state index contributed by atoms with van der Waals surface area (Å²) in [6.45, 7) is 1.91. The van der Waals surface area contributed by atoms with E-state index in [2.05, 4.69) is 15.4 Å². The van der Waals surface area contributed by atoms with Crippen LogP contribution in [0.5, 0.6) is 0 Å². The second kappa shape index (κ2) is 8.27. The molecule has 20 heavy (non-hydrogen) atoms. The van der Waals surface area contributed by atoms with E-state index < -0.39 is 12.2 Å². The number of nitrogens with one attached hydrogen (secondary N) is 2. The number of halogens is 1. The summed E-state index contributed by atoms with van der Waals surface area (Å²) >= 11 is 5.80. The quantitative estimate of drug-likeness (QED) is 0.876. The summed E-state index contributed by atoms with van der Waals surface area (Å²) in [5, 5.41) is 5.61. The van der Waals surface area contributed by atoms with Gasteiger partial charge in [-0.05, 0) is 24.6 Å². The molecule has 0 aliphatic heterocycles. The number of hydrogen-bond acceptors (Lipinski definition) is 4. The summed E-state index contributed by atoms with van der Waals surface area (Å²) in [5.74, 6) is 0. The molecule has 7 heteroatoms. The van der Waals surface area contributed by atoms with Crippen molar-refractivity contribution in [2.24, 2.45) is 0 Å². The summed E-state index contributed by atoms with van der Waals surface area (Å²) < 4.78 is 9.50. The van der Waals surface area contributed by atoms with Gasteiger partial charge in [0.2, 0.25) is 0 Å². The molecule has 1 aromatic rings.